The largest absolute Gasteiger partial charge is 0.309 e. The fourth-order valence-electron chi connectivity index (χ4n) is 5.99. The molecule has 0 bridgehead atoms. The van der Waals surface area contributed by atoms with E-state index >= 15 is 0 Å². The van der Waals surface area contributed by atoms with E-state index in [2.05, 4.69) is 142 Å². The lowest BCUT2D eigenvalue weighted by atomic mass is 10.0. The van der Waals surface area contributed by atoms with Gasteiger partial charge >= 0.3 is 0 Å². The summed E-state index contributed by atoms with van der Waals surface area (Å²) >= 11 is 0. The van der Waals surface area contributed by atoms with Crippen LogP contribution in [-0.4, -0.2) is 14.1 Å². The molecule has 0 fully saturated rings. The van der Waals surface area contributed by atoms with Crippen LogP contribution in [0.15, 0.2) is 140 Å². The molecule has 0 saturated heterocycles. The van der Waals surface area contributed by atoms with Crippen molar-refractivity contribution in [3.63, 3.8) is 0 Å². The van der Waals surface area contributed by atoms with E-state index in [4.69, 9.17) is 0 Å². The lowest BCUT2D eigenvalue weighted by Crippen LogP contribution is -1.96. The predicted molar refractivity (Wildman–Crippen MR) is 158 cm³/mol. The van der Waals surface area contributed by atoms with E-state index in [0.29, 0.717) is 0 Å². The van der Waals surface area contributed by atoms with Crippen LogP contribution in [0.25, 0.3) is 66.1 Å². The van der Waals surface area contributed by atoms with Gasteiger partial charge in [0.25, 0.3) is 0 Å². The molecule has 0 atom stereocenters. The van der Waals surface area contributed by atoms with E-state index in [1.807, 2.05) is 12.4 Å². The number of rotatable bonds is 3. The number of para-hydroxylation sites is 4. The molecular formula is C35H23N3. The van der Waals surface area contributed by atoms with Gasteiger partial charge in [-0.1, -0.05) is 84.9 Å². The lowest BCUT2D eigenvalue weighted by Gasteiger charge is -2.12. The molecule has 0 N–H and O–H groups in total. The Morgan fingerprint density at radius 3 is 1.92 bits per heavy atom. The molecule has 0 aliphatic carbocycles. The molecule has 178 valence electrons. The van der Waals surface area contributed by atoms with Crippen LogP contribution in [0.1, 0.15) is 0 Å². The van der Waals surface area contributed by atoms with Crippen molar-refractivity contribution in [2.75, 3.05) is 0 Å². The minimum absolute atomic E-state index is 1.11. The third kappa shape index (κ3) is 2.99. The maximum absolute atomic E-state index is 4.48. The second-order valence-corrected chi connectivity index (χ2v) is 9.69. The first-order valence-electron chi connectivity index (χ1n) is 12.9. The molecule has 3 nitrogen and oxygen atoms in total. The molecule has 0 aliphatic rings. The fraction of sp³-hybridized carbons (Fsp3) is 0. The maximum atomic E-state index is 4.48. The Morgan fingerprint density at radius 1 is 0.447 bits per heavy atom. The first kappa shape index (κ1) is 21.0. The molecule has 8 aromatic rings. The molecule has 0 saturated carbocycles. The number of aromatic nitrogens is 3. The highest BCUT2D eigenvalue weighted by molar-refractivity contribution is 6.15. The van der Waals surface area contributed by atoms with Crippen molar-refractivity contribution >= 4 is 43.6 Å². The summed E-state index contributed by atoms with van der Waals surface area (Å²) in [5.74, 6) is 0. The van der Waals surface area contributed by atoms with Gasteiger partial charge in [0.2, 0.25) is 0 Å². The Labute approximate surface area is 219 Å². The van der Waals surface area contributed by atoms with Crippen LogP contribution in [0.5, 0.6) is 0 Å². The van der Waals surface area contributed by atoms with Gasteiger partial charge < -0.3 is 9.13 Å². The number of fused-ring (bicyclic) bond motifs is 6. The van der Waals surface area contributed by atoms with Crippen LogP contribution in [0, 0.1) is 0 Å². The van der Waals surface area contributed by atoms with Crippen molar-refractivity contribution in [3.05, 3.63) is 140 Å². The van der Waals surface area contributed by atoms with Gasteiger partial charge in [-0.05, 0) is 48.0 Å². The molecular weight excluding hydrogens is 462 g/mol. The molecule has 0 aliphatic heterocycles. The van der Waals surface area contributed by atoms with Gasteiger partial charge in [0.15, 0.2) is 0 Å². The van der Waals surface area contributed by atoms with Crippen LogP contribution in [0.4, 0.5) is 0 Å². The SMILES string of the molecule is c1ccc(-n2c3ccccc3c3ccc(-c4cccc5c6ccncc6n(-c6ccccc6)c45)cc32)cc1. The van der Waals surface area contributed by atoms with E-state index in [1.54, 1.807) is 0 Å². The number of benzene rings is 5. The normalized spacial score (nSPS) is 11.7. The monoisotopic (exact) mass is 485 g/mol. The summed E-state index contributed by atoms with van der Waals surface area (Å²) in [5, 5.41) is 4.96. The first-order valence-corrected chi connectivity index (χ1v) is 12.9. The van der Waals surface area contributed by atoms with Crippen molar-refractivity contribution in [1.29, 1.82) is 0 Å². The van der Waals surface area contributed by atoms with E-state index in [-0.39, 0.29) is 0 Å². The average molecular weight is 486 g/mol. The molecule has 3 heterocycles. The van der Waals surface area contributed by atoms with Gasteiger partial charge in [0.1, 0.15) is 0 Å². The van der Waals surface area contributed by atoms with Gasteiger partial charge in [-0.15, -0.1) is 0 Å². The van der Waals surface area contributed by atoms with Crippen molar-refractivity contribution in [2.45, 2.75) is 0 Å². The Hall–Kier alpha value is -5.15. The lowest BCUT2D eigenvalue weighted by molar-refractivity contribution is 1.17. The summed E-state index contributed by atoms with van der Waals surface area (Å²) in [6.45, 7) is 0. The minimum atomic E-state index is 1.11. The molecule has 0 spiro atoms. The Bertz CT molecular complexity index is 2120. The Kier molecular flexibility index (Phi) is 4.52. The molecule has 8 rings (SSSR count). The summed E-state index contributed by atoms with van der Waals surface area (Å²) in [6, 6.07) is 45.5. The average Bonchev–Trinajstić information content (AvgIpc) is 3.51. The van der Waals surface area contributed by atoms with Gasteiger partial charge in [0.05, 0.1) is 28.3 Å². The fourth-order valence-corrected chi connectivity index (χ4v) is 5.99. The second-order valence-electron chi connectivity index (χ2n) is 9.69. The van der Waals surface area contributed by atoms with E-state index in [0.717, 1.165) is 11.2 Å². The highest BCUT2D eigenvalue weighted by atomic mass is 15.0. The smallest absolute Gasteiger partial charge is 0.0724 e. The van der Waals surface area contributed by atoms with Crippen molar-refractivity contribution < 1.29 is 0 Å². The van der Waals surface area contributed by atoms with Crippen molar-refractivity contribution in [2.24, 2.45) is 0 Å². The standard InChI is InChI=1S/C35H23N3/c1-3-10-25(11-4-1)37-32-17-8-7-14-28(32)29-19-18-24(22-33(29)37)27-15-9-16-31-30-20-21-36-23-34(30)38(35(27)31)26-12-5-2-6-13-26/h1-23H. The van der Waals surface area contributed by atoms with Gasteiger partial charge in [-0.3, -0.25) is 4.98 Å². The van der Waals surface area contributed by atoms with Crippen LogP contribution in [0.2, 0.25) is 0 Å². The molecule has 3 heteroatoms. The molecule has 38 heavy (non-hydrogen) atoms. The van der Waals surface area contributed by atoms with E-state index in [9.17, 15) is 0 Å². The number of pyridine rings is 1. The van der Waals surface area contributed by atoms with Crippen molar-refractivity contribution in [3.8, 4) is 22.5 Å². The summed E-state index contributed by atoms with van der Waals surface area (Å²) in [5.41, 5.74) is 9.42. The van der Waals surface area contributed by atoms with E-state index < -0.39 is 0 Å². The van der Waals surface area contributed by atoms with E-state index in [1.165, 1.54) is 54.9 Å². The zero-order valence-corrected chi connectivity index (χ0v) is 20.6. The highest BCUT2D eigenvalue weighted by Gasteiger charge is 2.18. The van der Waals surface area contributed by atoms with Crippen molar-refractivity contribution in [1.82, 2.24) is 14.1 Å². The Balaban J connectivity index is 1.48. The third-order valence-corrected chi connectivity index (χ3v) is 7.60. The van der Waals surface area contributed by atoms with Gasteiger partial charge in [0, 0.05) is 44.7 Å². The van der Waals surface area contributed by atoms with Gasteiger partial charge in [-0.25, -0.2) is 0 Å². The third-order valence-electron chi connectivity index (χ3n) is 7.60. The van der Waals surface area contributed by atoms with Gasteiger partial charge in [-0.2, -0.15) is 0 Å². The van der Waals surface area contributed by atoms with Crippen LogP contribution >= 0.6 is 0 Å². The number of hydrogen-bond donors (Lipinski definition) is 0. The predicted octanol–water partition coefficient (Wildman–Crippen LogP) is 8.94. The minimum Gasteiger partial charge on any atom is -0.309 e. The second kappa shape index (κ2) is 8.19. The zero-order chi connectivity index (χ0) is 25.1. The molecule has 0 unspecified atom stereocenters. The maximum Gasteiger partial charge on any atom is 0.0724 e. The van der Waals surface area contributed by atoms with Crippen LogP contribution in [-0.2, 0) is 0 Å². The number of hydrogen-bond acceptors (Lipinski definition) is 1. The molecule has 0 radical (unpaired) electrons. The summed E-state index contributed by atoms with van der Waals surface area (Å²) in [7, 11) is 0. The van der Waals surface area contributed by atoms with Crippen LogP contribution < -0.4 is 0 Å². The summed E-state index contributed by atoms with van der Waals surface area (Å²) in [4.78, 5) is 4.48. The Morgan fingerprint density at radius 2 is 1.11 bits per heavy atom. The first-order chi connectivity index (χ1) is 18.9. The van der Waals surface area contributed by atoms with Crippen LogP contribution in [0.3, 0.4) is 0 Å². The summed E-state index contributed by atoms with van der Waals surface area (Å²) < 4.78 is 4.73. The molecule has 3 aromatic heterocycles. The number of nitrogens with zero attached hydrogens (tertiary/aromatic N) is 3. The topological polar surface area (TPSA) is 22.8 Å². The molecule has 0 amide bonds. The highest BCUT2D eigenvalue weighted by Crippen LogP contribution is 2.40. The zero-order valence-electron chi connectivity index (χ0n) is 20.6. The summed E-state index contributed by atoms with van der Waals surface area (Å²) in [6.07, 6.45) is 3.86. The molecule has 5 aromatic carbocycles. The quantitative estimate of drug-likeness (QED) is 0.245.